The molecule has 0 saturated heterocycles. The quantitative estimate of drug-likeness (QED) is 0.448. The third kappa shape index (κ3) is 1.95. The second-order valence-electron chi connectivity index (χ2n) is 5.19. The molecule has 1 aliphatic rings. The summed E-state index contributed by atoms with van der Waals surface area (Å²) < 4.78 is 0. The van der Waals surface area contributed by atoms with Crippen LogP contribution >= 0.6 is 0 Å². The molecule has 1 aromatic rings. The van der Waals surface area contributed by atoms with Crippen molar-refractivity contribution >= 4 is 12.0 Å². The van der Waals surface area contributed by atoms with Gasteiger partial charge in [0.05, 0.1) is 4.92 Å². The highest BCUT2D eigenvalue weighted by Gasteiger charge is 2.33. The highest BCUT2D eigenvalue weighted by molar-refractivity contribution is 5.66. The molecule has 0 bridgehead atoms. The molecule has 1 atom stereocenters. The number of rotatable bonds is 2. The summed E-state index contributed by atoms with van der Waals surface area (Å²) in [4.78, 5) is 21.4. The summed E-state index contributed by atoms with van der Waals surface area (Å²) in [5.41, 5.74) is 1.94. The summed E-state index contributed by atoms with van der Waals surface area (Å²) in [6.45, 7) is 4.22. The molecular weight excluding hydrogens is 218 g/mol. The number of hydrogen-bond donors (Lipinski definition) is 0. The van der Waals surface area contributed by atoms with E-state index in [4.69, 9.17) is 0 Å². The molecule has 0 aliphatic heterocycles. The molecule has 0 amide bonds. The third-order valence-electron chi connectivity index (χ3n) is 3.62. The number of nitrogens with zero attached hydrogens (tertiary/aromatic N) is 1. The molecular formula is C13H15NO3. The first kappa shape index (κ1) is 11.8. The van der Waals surface area contributed by atoms with E-state index >= 15 is 0 Å². The van der Waals surface area contributed by atoms with Gasteiger partial charge in [-0.1, -0.05) is 19.9 Å². The van der Waals surface area contributed by atoms with Crippen LogP contribution in [0, 0.1) is 10.1 Å². The standard InChI is InChI=1S/C13H15NO3/c1-13(2)6-5-9(8-15)11-7-10(14(16)17)3-4-12(11)13/h3-4,7-9H,5-6H2,1-2H3. The molecule has 90 valence electrons. The lowest BCUT2D eigenvalue weighted by atomic mass is 9.69. The Morgan fingerprint density at radius 2 is 2.18 bits per heavy atom. The average Bonchev–Trinajstić information content (AvgIpc) is 2.28. The van der Waals surface area contributed by atoms with Gasteiger partial charge in [-0.2, -0.15) is 0 Å². The SMILES string of the molecule is CC1(C)CCC(C=O)c2cc([N+](=O)[O-])ccc21. The number of hydrogen-bond acceptors (Lipinski definition) is 3. The smallest absolute Gasteiger partial charge is 0.269 e. The lowest BCUT2D eigenvalue weighted by Gasteiger charge is -2.35. The van der Waals surface area contributed by atoms with Gasteiger partial charge in [-0.25, -0.2) is 0 Å². The van der Waals surface area contributed by atoms with Crippen molar-refractivity contribution < 1.29 is 9.72 Å². The van der Waals surface area contributed by atoms with Crippen molar-refractivity contribution in [2.75, 3.05) is 0 Å². The van der Waals surface area contributed by atoms with Gasteiger partial charge in [0.15, 0.2) is 0 Å². The molecule has 0 spiro atoms. The van der Waals surface area contributed by atoms with Crippen molar-refractivity contribution in [3.05, 3.63) is 39.4 Å². The lowest BCUT2D eigenvalue weighted by molar-refractivity contribution is -0.385. The fourth-order valence-corrected chi connectivity index (χ4v) is 2.53. The second kappa shape index (κ2) is 3.95. The molecule has 0 radical (unpaired) electrons. The maximum Gasteiger partial charge on any atom is 0.269 e. The van der Waals surface area contributed by atoms with Crippen LogP contribution in [0.5, 0.6) is 0 Å². The van der Waals surface area contributed by atoms with Crippen LogP contribution in [0.15, 0.2) is 18.2 Å². The van der Waals surface area contributed by atoms with E-state index < -0.39 is 4.92 Å². The van der Waals surface area contributed by atoms with E-state index in [-0.39, 0.29) is 17.0 Å². The molecule has 1 aliphatic carbocycles. The van der Waals surface area contributed by atoms with E-state index in [2.05, 4.69) is 13.8 Å². The Labute approximate surface area is 99.8 Å². The van der Waals surface area contributed by atoms with Gasteiger partial charge in [-0.05, 0) is 29.4 Å². The zero-order chi connectivity index (χ0) is 12.6. The number of carbonyl (C=O) groups excluding carboxylic acids is 1. The highest BCUT2D eigenvalue weighted by atomic mass is 16.6. The van der Waals surface area contributed by atoms with Gasteiger partial charge >= 0.3 is 0 Å². The van der Waals surface area contributed by atoms with E-state index in [1.807, 2.05) is 0 Å². The van der Waals surface area contributed by atoms with Crippen LogP contribution < -0.4 is 0 Å². The van der Waals surface area contributed by atoms with E-state index in [1.54, 1.807) is 12.1 Å². The number of benzene rings is 1. The molecule has 4 heteroatoms. The van der Waals surface area contributed by atoms with Gasteiger partial charge < -0.3 is 4.79 Å². The number of fused-ring (bicyclic) bond motifs is 1. The normalized spacial score (nSPS) is 21.6. The van der Waals surface area contributed by atoms with Crippen molar-refractivity contribution in [3.63, 3.8) is 0 Å². The summed E-state index contributed by atoms with van der Waals surface area (Å²) >= 11 is 0. The van der Waals surface area contributed by atoms with Gasteiger partial charge in [-0.15, -0.1) is 0 Å². The minimum Gasteiger partial charge on any atom is -0.303 e. The van der Waals surface area contributed by atoms with Crippen molar-refractivity contribution in [2.24, 2.45) is 0 Å². The van der Waals surface area contributed by atoms with Crippen molar-refractivity contribution in [1.29, 1.82) is 0 Å². The number of carbonyl (C=O) groups is 1. The monoisotopic (exact) mass is 233 g/mol. The topological polar surface area (TPSA) is 60.2 Å². The summed E-state index contributed by atoms with van der Waals surface area (Å²) in [6.07, 6.45) is 2.60. The first-order chi connectivity index (χ1) is 7.95. The molecule has 1 aromatic carbocycles. The first-order valence-corrected chi connectivity index (χ1v) is 5.70. The van der Waals surface area contributed by atoms with E-state index in [0.717, 1.165) is 30.3 Å². The zero-order valence-electron chi connectivity index (χ0n) is 9.97. The van der Waals surface area contributed by atoms with Gasteiger partial charge in [0.25, 0.3) is 5.69 Å². The average molecular weight is 233 g/mol. The number of non-ortho nitro benzene ring substituents is 1. The molecule has 17 heavy (non-hydrogen) atoms. The van der Waals surface area contributed by atoms with Gasteiger partial charge in [-0.3, -0.25) is 10.1 Å². The number of aldehydes is 1. The predicted octanol–water partition coefficient (Wildman–Crippen LogP) is 2.95. The molecule has 2 rings (SSSR count). The predicted molar refractivity (Wildman–Crippen MR) is 64.2 cm³/mol. The van der Waals surface area contributed by atoms with Crippen LogP contribution in [0.2, 0.25) is 0 Å². The van der Waals surface area contributed by atoms with Gasteiger partial charge in [0.2, 0.25) is 0 Å². The fourth-order valence-electron chi connectivity index (χ4n) is 2.53. The molecule has 0 N–H and O–H groups in total. The van der Waals surface area contributed by atoms with E-state index in [9.17, 15) is 14.9 Å². The first-order valence-electron chi connectivity index (χ1n) is 5.70. The van der Waals surface area contributed by atoms with Gasteiger partial charge in [0, 0.05) is 18.1 Å². The highest BCUT2D eigenvalue weighted by Crippen LogP contribution is 2.42. The molecule has 4 nitrogen and oxygen atoms in total. The van der Waals surface area contributed by atoms with Crippen LogP contribution in [-0.2, 0) is 10.2 Å². The summed E-state index contributed by atoms with van der Waals surface area (Å²) in [5, 5.41) is 10.8. The van der Waals surface area contributed by atoms with E-state index in [0.29, 0.717) is 0 Å². The minimum absolute atomic E-state index is 0.00995. The molecule has 1 unspecified atom stereocenters. The van der Waals surface area contributed by atoms with Crippen LogP contribution in [-0.4, -0.2) is 11.2 Å². The molecule has 0 fully saturated rings. The van der Waals surface area contributed by atoms with Crippen molar-refractivity contribution in [1.82, 2.24) is 0 Å². The number of nitro benzene ring substituents is 1. The van der Waals surface area contributed by atoms with Gasteiger partial charge in [0.1, 0.15) is 6.29 Å². The maximum atomic E-state index is 11.0. The minimum atomic E-state index is -0.413. The Balaban J connectivity index is 2.59. The van der Waals surface area contributed by atoms with Crippen LogP contribution in [0.4, 0.5) is 5.69 Å². The van der Waals surface area contributed by atoms with Crippen LogP contribution in [0.1, 0.15) is 43.7 Å². The Hall–Kier alpha value is -1.71. The summed E-state index contributed by atoms with van der Waals surface area (Å²) in [7, 11) is 0. The Morgan fingerprint density at radius 1 is 1.47 bits per heavy atom. The third-order valence-corrected chi connectivity index (χ3v) is 3.62. The maximum absolute atomic E-state index is 11.0. The van der Waals surface area contributed by atoms with Crippen molar-refractivity contribution in [2.45, 2.75) is 38.0 Å². The van der Waals surface area contributed by atoms with Crippen LogP contribution in [0.25, 0.3) is 0 Å². The van der Waals surface area contributed by atoms with E-state index in [1.165, 1.54) is 6.07 Å². The Bertz CT molecular complexity index is 480. The molecule has 0 heterocycles. The van der Waals surface area contributed by atoms with Crippen LogP contribution in [0.3, 0.4) is 0 Å². The molecule has 0 aromatic heterocycles. The summed E-state index contributed by atoms with van der Waals surface area (Å²) in [5.74, 6) is -0.196. The lowest BCUT2D eigenvalue weighted by Crippen LogP contribution is -2.26. The number of nitro groups is 1. The fraction of sp³-hybridized carbons (Fsp3) is 0.462. The van der Waals surface area contributed by atoms with Crippen molar-refractivity contribution in [3.8, 4) is 0 Å². The summed E-state index contributed by atoms with van der Waals surface area (Å²) in [6, 6.07) is 4.87. The Kier molecular flexibility index (Phi) is 2.73. The molecule has 0 saturated carbocycles. The second-order valence-corrected chi connectivity index (χ2v) is 5.19. The Morgan fingerprint density at radius 3 is 2.76 bits per heavy atom. The zero-order valence-corrected chi connectivity index (χ0v) is 9.97. The largest absolute Gasteiger partial charge is 0.303 e.